The zero-order chi connectivity index (χ0) is 15.4. The third-order valence-electron chi connectivity index (χ3n) is 3.34. The lowest BCUT2D eigenvalue weighted by Gasteiger charge is -2.18. The largest absolute Gasteiger partial charge is 0.337 e. The van der Waals surface area contributed by atoms with Gasteiger partial charge in [0.25, 0.3) is 11.5 Å². The third-order valence-corrected chi connectivity index (χ3v) is 3.34. The fourth-order valence-corrected chi connectivity index (χ4v) is 2.10. The predicted molar refractivity (Wildman–Crippen MR) is 81.8 cm³/mol. The van der Waals surface area contributed by atoms with Crippen molar-refractivity contribution < 1.29 is 4.79 Å². The summed E-state index contributed by atoms with van der Waals surface area (Å²) in [7, 11) is 3.37. The van der Waals surface area contributed by atoms with E-state index in [-0.39, 0.29) is 11.5 Å². The zero-order valence-electron chi connectivity index (χ0n) is 12.2. The molecule has 110 valence electrons. The molecule has 0 saturated carbocycles. The first-order valence-electron chi connectivity index (χ1n) is 6.71. The lowest BCUT2D eigenvalue weighted by atomic mass is 10.1. The molecule has 0 saturated heterocycles. The van der Waals surface area contributed by atoms with Gasteiger partial charge in [-0.3, -0.25) is 9.59 Å². The van der Waals surface area contributed by atoms with Gasteiger partial charge in [-0.15, -0.1) is 0 Å². The summed E-state index contributed by atoms with van der Waals surface area (Å²) in [5.74, 6) is -0.175. The average molecular weight is 285 g/mol. The topological polar surface area (TPSA) is 68.3 Å². The van der Waals surface area contributed by atoms with E-state index in [4.69, 9.17) is 5.73 Å². The first kappa shape index (κ1) is 15.0. The van der Waals surface area contributed by atoms with Crippen LogP contribution in [0.25, 0.3) is 0 Å². The van der Waals surface area contributed by atoms with Gasteiger partial charge in [0.15, 0.2) is 0 Å². The van der Waals surface area contributed by atoms with E-state index in [9.17, 15) is 9.59 Å². The molecular formula is C16H19N3O2. The quantitative estimate of drug-likeness (QED) is 0.915. The van der Waals surface area contributed by atoms with E-state index in [1.807, 2.05) is 24.3 Å². The van der Waals surface area contributed by atoms with Crippen LogP contribution in [0, 0.1) is 0 Å². The second-order valence-corrected chi connectivity index (χ2v) is 5.05. The van der Waals surface area contributed by atoms with Crippen molar-refractivity contribution in [1.82, 2.24) is 9.47 Å². The van der Waals surface area contributed by atoms with E-state index in [1.165, 1.54) is 10.6 Å². The molecule has 1 heterocycles. The van der Waals surface area contributed by atoms with Gasteiger partial charge in [-0.1, -0.05) is 24.3 Å². The molecule has 0 spiro atoms. The zero-order valence-corrected chi connectivity index (χ0v) is 12.2. The van der Waals surface area contributed by atoms with E-state index >= 15 is 0 Å². The Morgan fingerprint density at radius 1 is 1.24 bits per heavy atom. The van der Waals surface area contributed by atoms with Crippen molar-refractivity contribution in [3.8, 4) is 0 Å². The Hall–Kier alpha value is -2.40. The van der Waals surface area contributed by atoms with Gasteiger partial charge in [0.1, 0.15) is 0 Å². The molecular weight excluding hydrogens is 266 g/mol. The van der Waals surface area contributed by atoms with E-state index in [2.05, 4.69) is 0 Å². The maximum absolute atomic E-state index is 12.3. The highest BCUT2D eigenvalue weighted by atomic mass is 16.2. The van der Waals surface area contributed by atoms with Gasteiger partial charge in [-0.25, -0.2) is 0 Å². The van der Waals surface area contributed by atoms with E-state index in [1.54, 1.807) is 31.3 Å². The van der Waals surface area contributed by atoms with E-state index in [0.29, 0.717) is 18.7 Å². The third kappa shape index (κ3) is 3.58. The smallest absolute Gasteiger partial charge is 0.254 e. The summed E-state index contributed by atoms with van der Waals surface area (Å²) < 4.78 is 1.43. The normalized spacial score (nSPS) is 10.4. The SMILES string of the molecule is CN(Cc1cccc(CN)c1)C(=O)c1ccn(C)c(=O)c1. The number of benzene rings is 1. The van der Waals surface area contributed by atoms with Crippen LogP contribution in [-0.2, 0) is 20.1 Å². The molecule has 0 bridgehead atoms. The maximum atomic E-state index is 12.3. The summed E-state index contributed by atoms with van der Waals surface area (Å²) in [6.07, 6.45) is 1.60. The van der Waals surface area contributed by atoms with E-state index < -0.39 is 0 Å². The van der Waals surface area contributed by atoms with Gasteiger partial charge in [0, 0.05) is 45.0 Å². The molecule has 2 aromatic rings. The summed E-state index contributed by atoms with van der Waals surface area (Å²) in [5.41, 5.74) is 7.86. The molecule has 2 rings (SSSR count). The van der Waals surface area contributed by atoms with Crippen LogP contribution < -0.4 is 11.3 Å². The van der Waals surface area contributed by atoms with Crippen molar-refractivity contribution in [3.63, 3.8) is 0 Å². The van der Waals surface area contributed by atoms with Crippen molar-refractivity contribution in [2.75, 3.05) is 7.05 Å². The molecule has 1 amide bonds. The number of aryl methyl sites for hydroxylation is 1. The second kappa shape index (κ2) is 6.37. The predicted octanol–water partition coefficient (Wildman–Crippen LogP) is 1.12. The first-order chi connectivity index (χ1) is 10.0. The highest BCUT2D eigenvalue weighted by Gasteiger charge is 2.13. The highest BCUT2D eigenvalue weighted by Crippen LogP contribution is 2.09. The summed E-state index contributed by atoms with van der Waals surface area (Å²) in [5, 5.41) is 0. The van der Waals surface area contributed by atoms with Gasteiger partial charge < -0.3 is 15.2 Å². The summed E-state index contributed by atoms with van der Waals surface area (Å²) in [6.45, 7) is 0.947. The Morgan fingerprint density at radius 2 is 1.95 bits per heavy atom. The van der Waals surface area contributed by atoms with Crippen LogP contribution in [0.4, 0.5) is 0 Å². The van der Waals surface area contributed by atoms with Gasteiger partial charge in [-0.2, -0.15) is 0 Å². The second-order valence-electron chi connectivity index (χ2n) is 5.05. The van der Waals surface area contributed by atoms with Gasteiger partial charge in [-0.05, 0) is 17.2 Å². The van der Waals surface area contributed by atoms with Crippen LogP contribution in [0.1, 0.15) is 21.5 Å². The lowest BCUT2D eigenvalue weighted by Crippen LogP contribution is -2.28. The van der Waals surface area contributed by atoms with Crippen molar-refractivity contribution in [1.29, 1.82) is 0 Å². The maximum Gasteiger partial charge on any atom is 0.254 e. The molecule has 1 aromatic carbocycles. The Labute approximate surface area is 123 Å². The average Bonchev–Trinajstić information content (AvgIpc) is 2.49. The van der Waals surface area contributed by atoms with E-state index in [0.717, 1.165) is 11.1 Å². The molecule has 0 unspecified atom stereocenters. The molecule has 5 nitrogen and oxygen atoms in total. The number of nitrogens with two attached hydrogens (primary N) is 1. The summed E-state index contributed by atoms with van der Waals surface area (Å²) in [6, 6.07) is 10.8. The van der Waals surface area contributed by atoms with Crippen molar-refractivity contribution in [3.05, 3.63) is 69.6 Å². The van der Waals surface area contributed by atoms with Crippen LogP contribution >= 0.6 is 0 Å². The standard InChI is InChI=1S/C16H19N3O2/c1-18-7-6-14(9-15(18)20)16(21)19(2)11-13-5-3-4-12(8-13)10-17/h3-9H,10-11,17H2,1-2H3. The molecule has 0 radical (unpaired) electrons. The number of aromatic nitrogens is 1. The molecule has 0 aliphatic carbocycles. The Bertz CT molecular complexity index is 707. The van der Waals surface area contributed by atoms with Gasteiger partial charge in [0.2, 0.25) is 0 Å². The molecule has 0 aliphatic heterocycles. The number of carbonyl (C=O) groups excluding carboxylic acids is 1. The van der Waals surface area contributed by atoms with Gasteiger partial charge >= 0.3 is 0 Å². The van der Waals surface area contributed by atoms with Crippen LogP contribution in [0.15, 0.2) is 47.4 Å². The number of pyridine rings is 1. The number of hydrogen-bond donors (Lipinski definition) is 1. The summed E-state index contributed by atoms with van der Waals surface area (Å²) in [4.78, 5) is 25.5. The fourth-order valence-electron chi connectivity index (χ4n) is 2.10. The van der Waals surface area contributed by atoms with Crippen LogP contribution in [-0.4, -0.2) is 22.4 Å². The highest BCUT2D eigenvalue weighted by molar-refractivity contribution is 5.93. The van der Waals surface area contributed by atoms with Crippen LogP contribution in [0.2, 0.25) is 0 Å². The minimum absolute atomic E-state index is 0.175. The number of carbonyl (C=O) groups is 1. The number of nitrogens with zero attached hydrogens (tertiary/aromatic N) is 2. The molecule has 1 aromatic heterocycles. The van der Waals surface area contributed by atoms with Crippen LogP contribution in [0.3, 0.4) is 0 Å². The first-order valence-corrected chi connectivity index (χ1v) is 6.71. The minimum atomic E-state index is -0.195. The number of rotatable bonds is 4. The molecule has 21 heavy (non-hydrogen) atoms. The molecule has 2 N–H and O–H groups in total. The Morgan fingerprint density at radius 3 is 2.62 bits per heavy atom. The van der Waals surface area contributed by atoms with Crippen LogP contribution in [0.5, 0.6) is 0 Å². The minimum Gasteiger partial charge on any atom is -0.337 e. The van der Waals surface area contributed by atoms with Crippen molar-refractivity contribution in [2.45, 2.75) is 13.1 Å². The number of amides is 1. The number of hydrogen-bond acceptors (Lipinski definition) is 3. The molecule has 0 atom stereocenters. The van der Waals surface area contributed by atoms with Crippen molar-refractivity contribution >= 4 is 5.91 Å². The molecule has 0 aliphatic rings. The Balaban J connectivity index is 2.15. The molecule has 0 fully saturated rings. The van der Waals surface area contributed by atoms with Gasteiger partial charge in [0.05, 0.1) is 0 Å². The summed E-state index contributed by atoms with van der Waals surface area (Å²) >= 11 is 0. The monoisotopic (exact) mass is 285 g/mol. The Kier molecular flexibility index (Phi) is 4.55. The fraction of sp³-hybridized carbons (Fsp3) is 0.250. The van der Waals surface area contributed by atoms with Crippen molar-refractivity contribution in [2.24, 2.45) is 12.8 Å². The lowest BCUT2D eigenvalue weighted by molar-refractivity contribution is 0.0784. The molecule has 5 heteroatoms.